The summed E-state index contributed by atoms with van der Waals surface area (Å²) in [6, 6.07) is 26.4. The minimum Gasteiger partial charge on any atom is -0.480 e. The number of nitrogens with two attached hydrogens (primary N) is 2. The number of aryl methyl sites for hydroxylation is 1. The molecule has 0 saturated heterocycles. The quantitative estimate of drug-likeness (QED) is 0.0266. The van der Waals surface area contributed by atoms with Gasteiger partial charge in [-0.15, -0.1) is 0 Å². The molecule has 0 aliphatic rings. The van der Waals surface area contributed by atoms with Crippen molar-refractivity contribution in [2.24, 2.45) is 17.4 Å². The van der Waals surface area contributed by atoms with Gasteiger partial charge >= 0.3 is 5.97 Å². The number of hydrogen-bond donors (Lipinski definition) is 7. The first-order chi connectivity index (χ1) is 29.2. The Morgan fingerprint density at radius 3 is 1.59 bits per heavy atom. The van der Waals surface area contributed by atoms with Gasteiger partial charge in [-0.2, -0.15) is 0 Å². The smallest absolute Gasteiger partial charge is 0.326 e. The number of hydrogen-bond acceptors (Lipinski definition) is 11. The summed E-state index contributed by atoms with van der Waals surface area (Å²) < 4.78 is 41.5. The van der Waals surface area contributed by atoms with Gasteiger partial charge in [0.15, 0.2) is 33.7 Å². The van der Waals surface area contributed by atoms with Gasteiger partial charge in [-0.1, -0.05) is 107 Å². The Morgan fingerprint density at radius 2 is 1.05 bits per heavy atom. The topological polar surface area (TPSA) is 256 Å². The number of ketones is 2. The second-order valence-corrected chi connectivity index (χ2v) is 18.8. The number of carboxylic acids is 1. The van der Waals surface area contributed by atoms with Crippen molar-refractivity contribution in [1.82, 2.24) is 10.6 Å². The van der Waals surface area contributed by atoms with Crippen molar-refractivity contribution in [3.05, 3.63) is 131 Å². The summed E-state index contributed by atoms with van der Waals surface area (Å²) in [5.74, 6) is -4.18. The summed E-state index contributed by atoms with van der Waals surface area (Å²) in [4.78, 5) is 66.8. The lowest BCUT2D eigenvalue weighted by atomic mass is 9.95. The number of amides is 2. The molecule has 18 heteroatoms. The zero-order chi connectivity index (χ0) is 44.3. The molecule has 0 fully saturated rings. The highest BCUT2D eigenvalue weighted by Gasteiger charge is 2.30. The van der Waals surface area contributed by atoms with Gasteiger partial charge in [-0.05, 0) is 72.2 Å². The van der Waals surface area contributed by atoms with E-state index in [1.807, 2.05) is 60.7 Å². The number of carboxylic acid groups (broad SMARTS) is 1. The normalized spacial score (nSPS) is 14.7. The van der Waals surface area contributed by atoms with E-state index in [9.17, 15) is 46.6 Å². The lowest BCUT2D eigenvalue weighted by Gasteiger charge is -2.22. The van der Waals surface area contributed by atoms with Gasteiger partial charge in [0.1, 0.15) is 6.04 Å². The van der Waals surface area contributed by atoms with Crippen LogP contribution in [0.5, 0.6) is 0 Å². The third-order valence-electron chi connectivity index (χ3n) is 9.65. The molecule has 4 rings (SSSR count). The number of nitrogens with one attached hydrogen (secondary N) is 2. The van der Waals surface area contributed by atoms with Crippen LogP contribution in [0, 0.1) is 5.92 Å². The molecule has 0 aliphatic heterocycles. The zero-order valence-electron chi connectivity index (χ0n) is 33.1. The van der Waals surface area contributed by atoms with Crippen molar-refractivity contribution in [2.45, 2.75) is 78.9 Å². The van der Waals surface area contributed by atoms with Crippen LogP contribution in [0.15, 0.2) is 119 Å². The van der Waals surface area contributed by atoms with Crippen molar-refractivity contribution in [3.8, 4) is 0 Å². The van der Waals surface area contributed by atoms with Crippen LogP contribution in [0.2, 0.25) is 0 Å². The number of benzene rings is 4. The SMILES string of the molecule is NC(Cc1ccc(S(=O)O)cc1)C(=O)CC(CSSCC(NC(=O)C(N)Cc1ccccc1)C(=O)CCCc1ccccc1)C(=O)NC(Cc1ccc(S(=O)O)cc1)C(=O)O. The van der Waals surface area contributed by atoms with Crippen LogP contribution in [-0.4, -0.2) is 87.7 Å². The summed E-state index contributed by atoms with van der Waals surface area (Å²) in [5.41, 5.74) is 15.6. The van der Waals surface area contributed by atoms with Gasteiger partial charge in [0, 0.05) is 30.8 Å². The Hall–Kier alpha value is -4.53. The lowest BCUT2D eigenvalue weighted by molar-refractivity contribution is -0.142. The third-order valence-corrected chi connectivity index (χ3v) is 13.5. The molecule has 0 heterocycles. The van der Waals surface area contributed by atoms with E-state index >= 15 is 0 Å². The molecule has 326 valence electrons. The Morgan fingerprint density at radius 1 is 0.574 bits per heavy atom. The van der Waals surface area contributed by atoms with Crippen molar-refractivity contribution in [1.29, 1.82) is 0 Å². The van der Waals surface area contributed by atoms with Gasteiger partial charge < -0.3 is 36.3 Å². The van der Waals surface area contributed by atoms with Gasteiger partial charge in [-0.25, -0.2) is 13.2 Å². The monoisotopic (exact) mass is 910 g/mol. The molecule has 0 aromatic heterocycles. The Bertz CT molecular complexity index is 2110. The predicted octanol–water partition coefficient (Wildman–Crippen LogP) is 4.13. The van der Waals surface area contributed by atoms with E-state index in [4.69, 9.17) is 11.5 Å². The molecule has 0 saturated carbocycles. The Kier molecular flexibility index (Phi) is 20.5. The maximum absolute atomic E-state index is 13.8. The van der Waals surface area contributed by atoms with E-state index in [0.717, 1.165) is 11.1 Å². The number of carbonyl (C=O) groups excluding carboxylic acids is 4. The molecule has 2 amide bonds. The van der Waals surface area contributed by atoms with Crippen LogP contribution in [0.3, 0.4) is 0 Å². The number of aliphatic carboxylic acids is 1. The summed E-state index contributed by atoms with van der Waals surface area (Å²) in [6.07, 6.45) is 1.23. The highest BCUT2D eigenvalue weighted by molar-refractivity contribution is 8.76. The van der Waals surface area contributed by atoms with Crippen molar-refractivity contribution < 1.29 is 46.6 Å². The largest absolute Gasteiger partial charge is 0.480 e. The molecule has 14 nitrogen and oxygen atoms in total. The van der Waals surface area contributed by atoms with Gasteiger partial charge in [0.05, 0.1) is 33.8 Å². The van der Waals surface area contributed by atoms with Gasteiger partial charge in [0.25, 0.3) is 0 Å². The highest BCUT2D eigenvalue weighted by atomic mass is 33.1. The molecule has 4 aromatic carbocycles. The predicted molar refractivity (Wildman–Crippen MR) is 238 cm³/mol. The van der Waals surface area contributed by atoms with Crippen molar-refractivity contribution in [2.75, 3.05) is 11.5 Å². The molecular formula is C43H50N4O10S4. The van der Waals surface area contributed by atoms with Gasteiger partial charge in [-0.3, -0.25) is 19.2 Å². The molecule has 0 spiro atoms. The minimum absolute atomic E-state index is 0.00566. The molecule has 4 aromatic rings. The van der Waals surface area contributed by atoms with Crippen LogP contribution in [-0.2, 0) is 71.8 Å². The maximum Gasteiger partial charge on any atom is 0.326 e. The summed E-state index contributed by atoms with van der Waals surface area (Å²) in [5, 5.41) is 15.4. The molecule has 7 atom stereocenters. The lowest BCUT2D eigenvalue weighted by Crippen LogP contribution is -2.50. The maximum atomic E-state index is 13.8. The average molecular weight is 911 g/mol. The molecule has 9 N–H and O–H groups in total. The molecular weight excluding hydrogens is 861 g/mol. The molecule has 0 radical (unpaired) electrons. The van der Waals surface area contributed by atoms with Crippen LogP contribution in [0.25, 0.3) is 0 Å². The van der Waals surface area contributed by atoms with E-state index in [0.29, 0.717) is 24.0 Å². The van der Waals surface area contributed by atoms with Crippen molar-refractivity contribution in [3.63, 3.8) is 0 Å². The average Bonchev–Trinajstić information content (AvgIpc) is 3.24. The summed E-state index contributed by atoms with van der Waals surface area (Å²) in [7, 11) is 2.38. The fraction of sp³-hybridized carbons (Fsp3) is 0.326. The number of rotatable bonds is 26. The van der Waals surface area contributed by atoms with E-state index in [-0.39, 0.29) is 59.2 Å². The highest BCUT2D eigenvalue weighted by Crippen LogP contribution is 2.28. The third kappa shape index (κ3) is 17.0. The molecule has 61 heavy (non-hydrogen) atoms. The number of carbonyl (C=O) groups is 5. The van der Waals surface area contributed by atoms with Crippen molar-refractivity contribution >= 4 is 73.1 Å². The molecule has 7 unspecified atom stereocenters. The first kappa shape index (κ1) is 49.1. The van der Waals surface area contributed by atoms with Crippen LogP contribution < -0.4 is 22.1 Å². The zero-order valence-corrected chi connectivity index (χ0v) is 36.4. The second kappa shape index (κ2) is 25.4. The van der Waals surface area contributed by atoms with Crippen LogP contribution in [0.1, 0.15) is 41.5 Å². The number of Topliss-reactive ketones (excluding diaryl/α,β-unsaturated/α-hetero) is 2. The minimum atomic E-state index is -2.23. The molecule has 0 aliphatic carbocycles. The fourth-order valence-corrected chi connectivity index (χ4v) is 9.43. The van der Waals surface area contributed by atoms with E-state index < -0.39 is 75.8 Å². The van der Waals surface area contributed by atoms with E-state index in [1.165, 1.54) is 58.0 Å². The fourth-order valence-electron chi connectivity index (χ4n) is 6.19. The van der Waals surface area contributed by atoms with E-state index in [2.05, 4.69) is 10.6 Å². The van der Waals surface area contributed by atoms with E-state index in [1.54, 1.807) is 12.1 Å². The first-order valence-corrected chi connectivity index (χ1v) is 24.0. The standard InChI is InChI=1S/C43H50N4O10S4/c44-35(22-30-14-18-33(19-15-30)60(54)55)40(49)25-32(41(50)46-37(43(52)53)24-31-16-20-34(21-17-31)61(56)57)26-58-59-27-38(39(48)13-7-12-28-8-3-1-4-9-28)47-42(51)36(45)23-29-10-5-2-6-11-29/h1-6,8-11,14-21,32,35-38H,7,12-13,22-27,44-45H2,(H,46,50)(H,47,51)(H,52,53)(H,54,55)(H,56,57). The first-order valence-electron chi connectivity index (χ1n) is 19.3. The van der Waals surface area contributed by atoms with Gasteiger partial charge in [0.2, 0.25) is 11.8 Å². The van der Waals surface area contributed by atoms with Crippen LogP contribution in [0.4, 0.5) is 0 Å². The van der Waals surface area contributed by atoms with Crippen LogP contribution >= 0.6 is 21.6 Å². The summed E-state index contributed by atoms with van der Waals surface area (Å²) >= 11 is -4.42. The summed E-state index contributed by atoms with van der Waals surface area (Å²) in [6.45, 7) is 0. The second-order valence-electron chi connectivity index (χ2n) is 14.3. The molecule has 0 bridgehead atoms. The Labute approximate surface area is 367 Å². The Balaban J connectivity index is 1.46.